The van der Waals surface area contributed by atoms with Crippen molar-refractivity contribution in [3.63, 3.8) is 0 Å². The Kier molecular flexibility index (Phi) is 3.51. The van der Waals surface area contributed by atoms with Crippen LogP contribution in [-0.2, 0) is 11.0 Å². The zero-order valence-corrected chi connectivity index (χ0v) is 13.2. The third kappa shape index (κ3) is 2.71. The first-order valence-electron chi connectivity index (χ1n) is 7.52. The third-order valence-electron chi connectivity index (χ3n) is 3.91. The van der Waals surface area contributed by atoms with Gasteiger partial charge in [0, 0.05) is 12.4 Å². The van der Waals surface area contributed by atoms with E-state index >= 15 is 0 Å². The Balaban J connectivity index is 1.60. The van der Waals surface area contributed by atoms with E-state index in [0.717, 1.165) is 10.6 Å². The molecule has 0 bridgehead atoms. The van der Waals surface area contributed by atoms with Crippen molar-refractivity contribution in [2.45, 2.75) is 6.18 Å². The summed E-state index contributed by atoms with van der Waals surface area (Å²) in [6.45, 7) is 0. The Morgan fingerprint density at radius 3 is 2.19 bits per heavy atom. The summed E-state index contributed by atoms with van der Waals surface area (Å²) in [6.07, 6.45) is -2.85. The average molecular weight is 375 g/mol. The van der Waals surface area contributed by atoms with Gasteiger partial charge in [-0.3, -0.25) is 9.59 Å². The molecule has 0 fully saturated rings. The number of hydroxylamine groups is 2. The minimum Gasteiger partial charge on any atom is -0.324 e. The van der Waals surface area contributed by atoms with E-state index in [2.05, 4.69) is 4.98 Å². The van der Waals surface area contributed by atoms with E-state index < -0.39 is 29.7 Å². The maximum Gasteiger partial charge on any atom is 0.434 e. The van der Waals surface area contributed by atoms with Gasteiger partial charge in [-0.15, -0.1) is 0 Å². The Labute approximate surface area is 148 Å². The van der Waals surface area contributed by atoms with Gasteiger partial charge in [-0.05, 0) is 24.3 Å². The minimum atomic E-state index is -4.63. The number of aromatic nitrogens is 2. The van der Waals surface area contributed by atoms with Gasteiger partial charge in [0.05, 0.1) is 16.7 Å². The van der Waals surface area contributed by atoms with Crippen LogP contribution in [0.5, 0.6) is 0 Å². The van der Waals surface area contributed by atoms with Gasteiger partial charge < -0.3 is 9.24 Å². The third-order valence-corrected chi connectivity index (χ3v) is 3.91. The number of fused-ring (bicyclic) bond motifs is 2. The van der Waals surface area contributed by atoms with Gasteiger partial charge in [0.1, 0.15) is 5.65 Å². The fourth-order valence-electron chi connectivity index (χ4n) is 2.63. The van der Waals surface area contributed by atoms with E-state index in [1.165, 1.54) is 24.3 Å². The Hall–Kier alpha value is -3.69. The molecule has 1 aromatic carbocycles. The number of imidazole rings is 1. The molecule has 1 aliphatic rings. The molecule has 2 amide bonds. The zero-order valence-electron chi connectivity index (χ0n) is 13.2. The van der Waals surface area contributed by atoms with Gasteiger partial charge in [0.25, 0.3) is 11.8 Å². The fraction of sp³-hybridized carbons (Fsp3) is 0.0588. The van der Waals surface area contributed by atoms with E-state index in [9.17, 15) is 27.6 Å². The lowest BCUT2D eigenvalue weighted by atomic mass is 10.1. The van der Waals surface area contributed by atoms with Crippen LogP contribution in [0.3, 0.4) is 0 Å². The van der Waals surface area contributed by atoms with E-state index in [1.807, 2.05) is 0 Å². The molecule has 10 heteroatoms. The van der Waals surface area contributed by atoms with Crippen LogP contribution >= 0.6 is 0 Å². The van der Waals surface area contributed by atoms with Crippen LogP contribution in [0.4, 0.5) is 13.2 Å². The van der Waals surface area contributed by atoms with Crippen LogP contribution in [0, 0.1) is 0 Å². The van der Waals surface area contributed by atoms with Crippen molar-refractivity contribution < 1.29 is 32.4 Å². The molecule has 2 aromatic heterocycles. The van der Waals surface area contributed by atoms with Crippen LogP contribution in [0.2, 0.25) is 0 Å². The second-order valence-corrected chi connectivity index (χ2v) is 5.64. The van der Waals surface area contributed by atoms with E-state index in [-0.39, 0.29) is 22.3 Å². The van der Waals surface area contributed by atoms with Gasteiger partial charge in [-0.2, -0.15) is 13.2 Å². The predicted octanol–water partition coefficient (Wildman–Crippen LogP) is 2.72. The van der Waals surface area contributed by atoms with Crippen LogP contribution in [0.15, 0.2) is 48.8 Å². The van der Waals surface area contributed by atoms with Crippen LogP contribution in [0.1, 0.15) is 36.8 Å². The number of halogens is 3. The first kappa shape index (κ1) is 16.8. The second kappa shape index (κ2) is 5.66. The first-order valence-corrected chi connectivity index (χ1v) is 7.52. The Morgan fingerprint density at radius 2 is 1.59 bits per heavy atom. The van der Waals surface area contributed by atoms with Crippen molar-refractivity contribution in [1.82, 2.24) is 14.4 Å². The highest BCUT2D eigenvalue weighted by atomic mass is 19.4. The van der Waals surface area contributed by atoms with E-state index in [1.54, 1.807) is 12.1 Å². The number of benzene rings is 1. The van der Waals surface area contributed by atoms with Gasteiger partial charge >= 0.3 is 12.1 Å². The number of carbonyl (C=O) groups excluding carboxylic acids is 3. The lowest BCUT2D eigenvalue weighted by Gasteiger charge is -2.12. The number of hydrogen-bond acceptors (Lipinski definition) is 5. The molecule has 0 unspecified atom stereocenters. The monoisotopic (exact) mass is 375 g/mol. The highest BCUT2D eigenvalue weighted by molar-refractivity contribution is 6.21. The van der Waals surface area contributed by atoms with Crippen molar-refractivity contribution in [1.29, 1.82) is 0 Å². The van der Waals surface area contributed by atoms with Crippen molar-refractivity contribution in [2.24, 2.45) is 0 Å². The van der Waals surface area contributed by atoms with Gasteiger partial charge in [-0.1, -0.05) is 17.2 Å². The van der Waals surface area contributed by atoms with Crippen LogP contribution in [-0.4, -0.2) is 32.2 Å². The first-order chi connectivity index (χ1) is 12.8. The molecular weight excluding hydrogens is 367 g/mol. The standard InChI is InChI=1S/C17H8F3N3O4/c18-17(19,20)12-8-22-7-9(5-6-13(22)21-12)16(26)27-23-14(24)10-3-1-2-4-11(10)15(23)25/h1-8H. The number of carbonyl (C=O) groups is 3. The molecule has 3 aromatic rings. The minimum absolute atomic E-state index is 0.0281. The molecule has 0 saturated carbocycles. The molecule has 0 aliphatic carbocycles. The lowest BCUT2D eigenvalue weighted by molar-refractivity contribution is -0.140. The summed E-state index contributed by atoms with van der Waals surface area (Å²) in [6, 6.07) is 8.32. The maximum absolute atomic E-state index is 12.7. The average Bonchev–Trinajstić information content (AvgIpc) is 3.17. The summed E-state index contributed by atoms with van der Waals surface area (Å²) < 4.78 is 39.2. The fourth-order valence-corrected chi connectivity index (χ4v) is 2.63. The molecule has 0 radical (unpaired) electrons. The summed E-state index contributed by atoms with van der Waals surface area (Å²) >= 11 is 0. The van der Waals surface area contributed by atoms with E-state index in [0.29, 0.717) is 11.3 Å². The molecule has 0 atom stereocenters. The molecule has 0 saturated heterocycles. The highest BCUT2D eigenvalue weighted by Gasteiger charge is 2.39. The summed E-state index contributed by atoms with van der Waals surface area (Å²) in [5.41, 5.74) is -1.12. The second-order valence-electron chi connectivity index (χ2n) is 5.64. The Bertz CT molecular complexity index is 1090. The summed E-state index contributed by atoms with van der Waals surface area (Å²) in [4.78, 5) is 44.9. The summed E-state index contributed by atoms with van der Waals surface area (Å²) in [5.74, 6) is -2.67. The van der Waals surface area contributed by atoms with E-state index in [4.69, 9.17) is 4.84 Å². The number of rotatable bonds is 2. The molecule has 0 N–H and O–H groups in total. The number of hydrogen-bond donors (Lipinski definition) is 0. The van der Waals surface area contributed by atoms with Crippen molar-refractivity contribution in [3.8, 4) is 0 Å². The normalized spacial score (nSPS) is 14.0. The highest BCUT2D eigenvalue weighted by Crippen LogP contribution is 2.28. The Morgan fingerprint density at radius 1 is 0.963 bits per heavy atom. The molecule has 4 rings (SSSR count). The van der Waals surface area contributed by atoms with Gasteiger partial charge in [0.2, 0.25) is 0 Å². The molecule has 27 heavy (non-hydrogen) atoms. The molecule has 136 valence electrons. The summed E-state index contributed by atoms with van der Waals surface area (Å²) in [7, 11) is 0. The predicted molar refractivity (Wildman–Crippen MR) is 82.6 cm³/mol. The number of amides is 2. The smallest absolute Gasteiger partial charge is 0.324 e. The van der Waals surface area contributed by atoms with Crippen LogP contribution in [0.25, 0.3) is 5.65 Å². The van der Waals surface area contributed by atoms with Gasteiger partial charge in [-0.25, -0.2) is 9.78 Å². The van der Waals surface area contributed by atoms with Crippen molar-refractivity contribution in [3.05, 3.63) is 71.2 Å². The number of alkyl halides is 3. The maximum atomic E-state index is 12.7. The molecular formula is C17H8F3N3O4. The van der Waals surface area contributed by atoms with Crippen molar-refractivity contribution >= 4 is 23.4 Å². The lowest BCUT2D eigenvalue weighted by Crippen LogP contribution is -2.32. The topological polar surface area (TPSA) is 81.0 Å². The largest absolute Gasteiger partial charge is 0.434 e. The number of imide groups is 1. The quantitative estimate of drug-likeness (QED) is 0.644. The molecule has 1 aliphatic heterocycles. The number of pyridine rings is 1. The molecule has 0 spiro atoms. The van der Waals surface area contributed by atoms with Crippen LogP contribution < -0.4 is 0 Å². The van der Waals surface area contributed by atoms with Gasteiger partial charge in [0.15, 0.2) is 5.69 Å². The van der Waals surface area contributed by atoms with Crippen molar-refractivity contribution in [2.75, 3.05) is 0 Å². The summed E-state index contributed by atoms with van der Waals surface area (Å²) in [5, 5.41) is 0.326. The number of nitrogens with zero attached hydrogens (tertiary/aromatic N) is 3. The zero-order chi connectivity index (χ0) is 19.3. The molecule has 3 heterocycles. The SMILES string of the molecule is O=C(ON1C(=O)c2ccccc2C1=O)c1ccc2nc(C(F)(F)F)cn2c1. The molecule has 7 nitrogen and oxygen atoms in total.